The van der Waals surface area contributed by atoms with E-state index in [-0.39, 0.29) is 12.1 Å². The molecular weight excluding hydrogens is 282 g/mol. The maximum Gasteiger partial charge on any atom is 0.334 e. The van der Waals surface area contributed by atoms with Gasteiger partial charge < -0.3 is 10.4 Å². The highest BCUT2D eigenvalue weighted by atomic mass is 16.4. The number of carboxylic acid groups (broad SMARTS) is 1. The van der Waals surface area contributed by atoms with E-state index in [0.29, 0.717) is 11.3 Å². The Kier molecular flexibility index (Phi) is 4.50. The molecule has 1 unspecified atom stereocenters. The zero-order chi connectivity index (χ0) is 16.2. The zero-order valence-electron chi connectivity index (χ0n) is 12.4. The van der Waals surface area contributed by atoms with Gasteiger partial charge in [0.15, 0.2) is 5.54 Å². The number of rotatable bonds is 5. The minimum atomic E-state index is -1.50. The first-order chi connectivity index (χ1) is 10.5. The molecule has 6 heteroatoms. The molecule has 1 amide bonds. The molecule has 0 aliphatic carbocycles. The molecule has 6 nitrogen and oxygen atoms in total. The van der Waals surface area contributed by atoms with Crippen molar-refractivity contribution in [1.82, 2.24) is 15.3 Å². The highest BCUT2D eigenvalue weighted by Crippen LogP contribution is 2.25. The van der Waals surface area contributed by atoms with E-state index in [9.17, 15) is 14.7 Å². The van der Waals surface area contributed by atoms with Crippen molar-refractivity contribution in [1.29, 1.82) is 0 Å². The van der Waals surface area contributed by atoms with Gasteiger partial charge in [0.1, 0.15) is 5.69 Å². The Bertz CT molecular complexity index is 671. The lowest BCUT2D eigenvalue weighted by Gasteiger charge is -2.29. The van der Waals surface area contributed by atoms with Gasteiger partial charge in [0.05, 0.1) is 11.9 Å². The number of benzene rings is 1. The summed E-state index contributed by atoms with van der Waals surface area (Å²) in [6.45, 7) is 3.47. The number of carboxylic acids is 1. The third-order valence-electron chi connectivity index (χ3n) is 3.50. The van der Waals surface area contributed by atoms with E-state index in [4.69, 9.17) is 0 Å². The SMILES string of the molecule is CCC(NC(=O)c1cnc(C)cn1)(C(=O)O)c1ccccc1. The number of amides is 1. The first kappa shape index (κ1) is 15.6. The molecular formula is C16H17N3O3. The number of hydrogen-bond donors (Lipinski definition) is 2. The highest BCUT2D eigenvalue weighted by molar-refractivity contribution is 5.96. The molecule has 2 N–H and O–H groups in total. The van der Waals surface area contributed by atoms with Crippen LogP contribution in [0, 0.1) is 6.92 Å². The van der Waals surface area contributed by atoms with Crippen LogP contribution in [0.4, 0.5) is 0 Å². The number of nitrogens with one attached hydrogen (secondary N) is 1. The van der Waals surface area contributed by atoms with E-state index in [0.717, 1.165) is 0 Å². The topological polar surface area (TPSA) is 92.2 Å². The summed E-state index contributed by atoms with van der Waals surface area (Å²) in [6.07, 6.45) is 3.00. The standard InChI is InChI=1S/C16H17N3O3/c1-3-16(15(21)22,12-7-5-4-6-8-12)19-14(20)13-10-17-11(2)9-18-13/h4-10H,3H2,1-2H3,(H,19,20)(H,21,22). The van der Waals surface area contributed by atoms with Crippen LogP contribution in [-0.2, 0) is 10.3 Å². The molecule has 0 aliphatic rings. The molecule has 2 rings (SSSR count). The maximum absolute atomic E-state index is 12.3. The summed E-state index contributed by atoms with van der Waals surface area (Å²) < 4.78 is 0. The Hall–Kier alpha value is -2.76. The molecule has 2 aromatic rings. The van der Waals surface area contributed by atoms with Gasteiger partial charge in [-0.3, -0.25) is 9.78 Å². The van der Waals surface area contributed by atoms with Gasteiger partial charge in [-0.25, -0.2) is 9.78 Å². The largest absolute Gasteiger partial charge is 0.479 e. The number of carbonyl (C=O) groups excluding carboxylic acids is 1. The molecule has 22 heavy (non-hydrogen) atoms. The third-order valence-corrected chi connectivity index (χ3v) is 3.50. The van der Waals surface area contributed by atoms with Crippen molar-refractivity contribution in [2.45, 2.75) is 25.8 Å². The molecule has 114 valence electrons. The molecule has 0 spiro atoms. The Morgan fingerprint density at radius 2 is 1.86 bits per heavy atom. The number of hydrogen-bond acceptors (Lipinski definition) is 4. The lowest BCUT2D eigenvalue weighted by atomic mass is 9.87. The second-order valence-corrected chi connectivity index (χ2v) is 4.93. The van der Waals surface area contributed by atoms with Crippen LogP contribution in [0.15, 0.2) is 42.7 Å². The van der Waals surface area contributed by atoms with Crippen LogP contribution < -0.4 is 5.32 Å². The summed E-state index contributed by atoms with van der Waals surface area (Å²) in [7, 11) is 0. The summed E-state index contributed by atoms with van der Waals surface area (Å²) >= 11 is 0. The fourth-order valence-electron chi connectivity index (χ4n) is 2.18. The van der Waals surface area contributed by atoms with Gasteiger partial charge in [-0.2, -0.15) is 0 Å². The predicted octanol–water partition coefficient (Wildman–Crippen LogP) is 1.90. The second-order valence-electron chi connectivity index (χ2n) is 4.93. The molecule has 0 saturated carbocycles. The van der Waals surface area contributed by atoms with E-state index in [2.05, 4.69) is 15.3 Å². The van der Waals surface area contributed by atoms with Gasteiger partial charge >= 0.3 is 5.97 Å². The second kappa shape index (κ2) is 6.34. The van der Waals surface area contributed by atoms with Crippen molar-refractivity contribution < 1.29 is 14.7 Å². The van der Waals surface area contributed by atoms with Gasteiger partial charge in [-0.05, 0) is 18.9 Å². The first-order valence-corrected chi connectivity index (χ1v) is 6.89. The van der Waals surface area contributed by atoms with Crippen LogP contribution in [0.25, 0.3) is 0 Å². The van der Waals surface area contributed by atoms with Crippen LogP contribution in [0.2, 0.25) is 0 Å². The third kappa shape index (κ3) is 2.95. The van der Waals surface area contributed by atoms with Crippen LogP contribution in [-0.4, -0.2) is 27.0 Å². The Labute approximate surface area is 128 Å². The molecule has 0 aliphatic heterocycles. The monoisotopic (exact) mass is 299 g/mol. The Balaban J connectivity index is 2.37. The van der Waals surface area contributed by atoms with Crippen LogP contribution in [0.5, 0.6) is 0 Å². The Morgan fingerprint density at radius 3 is 2.36 bits per heavy atom. The fourth-order valence-corrected chi connectivity index (χ4v) is 2.18. The molecule has 0 fully saturated rings. The fraction of sp³-hybridized carbons (Fsp3) is 0.250. The van der Waals surface area contributed by atoms with E-state index >= 15 is 0 Å². The quantitative estimate of drug-likeness (QED) is 0.879. The van der Waals surface area contributed by atoms with Crippen LogP contribution in [0.1, 0.15) is 35.1 Å². The molecule has 1 atom stereocenters. The number of aryl methyl sites for hydroxylation is 1. The Morgan fingerprint density at radius 1 is 1.18 bits per heavy atom. The van der Waals surface area contributed by atoms with E-state index in [1.807, 2.05) is 0 Å². The molecule has 1 heterocycles. The summed E-state index contributed by atoms with van der Waals surface area (Å²) in [5.74, 6) is -1.68. The predicted molar refractivity (Wildman–Crippen MR) is 80.3 cm³/mol. The van der Waals surface area contributed by atoms with Crippen molar-refractivity contribution in [2.24, 2.45) is 0 Å². The zero-order valence-corrected chi connectivity index (χ0v) is 12.4. The van der Waals surface area contributed by atoms with Crippen molar-refractivity contribution in [2.75, 3.05) is 0 Å². The van der Waals surface area contributed by atoms with E-state index < -0.39 is 17.4 Å². The lowest BCUT2D eigenvalue weighted by Crippen LogP contribution is -2.51. The summed E-state index contributed by atoms with van der Waals surface area (Å²) in [5, 5.41) is 12.3. The van der Waals surface area contributed by atoms with Gasteiger partial charge in [0.25, 0.3) is 5.91 Å². The molecule has 1 aromatic heterocycles. The van der Waals surface area contributed by atoms with Crippen LogP contribution in [0.3, 0.4) is 0 Å². The van der Waals surface area contributed by atoms with Gasteiger partial charge in [0, 0.05) is 6.20 Å². The first-order valence-electron chi connectivity index (χ1n) is 6.89. The molecule has 1 aromatic carbocycles. The minimum absolute atomic E-state index is 0.0839. The summed E-state index contributed by atoms with van der Waals surface area (Å²) in [4.78, 5) is 32.1. The number of aromatic nitrogens is 2. The number of nitrogens with zero attached hydrogens (tertiary/aromatic N) is 2. The minimum Gasteiger partial charge on any atom is -0.479 e. The van der Waals surface area contributed by atoms with E-state index in [1.54, 1.807) is 44.2 Å². The average molecular weight is 299 g/mol. The van der Waals surface area contributed by atoms with Crippen LogP contribution >= 0.6 is 0 Å². The van der Waals surface area contributed by atoms with Crippen molar-refractivity contribution >= 4 is 11.9 Å². The van der Waals surface area contributed by atoms with Crippen molar-refractivity contribution in [3.8, 4) is 0 Å². The molecule has 0 saturated heterocycles. The smallest absolute Gasteiger partial charge is 0.334 e. The van der Waals surface area contributed by atoms with Gasteiger partial charge in [-0.15, -0.1) is 0 Å². The van der Waals surface area contributed by atoms with Gasteiger partial charge in [-0.1, -0.05) is 37.3 Å². The van der Waals surface area contributed by atoms with Crippen molar-refractivity contribution in [3.63, 3.8) is 0 Å². The maximum atomic E-state index is 12.3. The van der Waals surface area contributed by atoms with Gasteiger partial charge in [0.2, 0.25) is 0 Å². The summed E-state index contributed by atoms with van der Waals surface area (Å²) in [5.41, 5.74) is -0.219. The molecule has 0 radical (unpaired) electrons. The number of carbonyl (C=O) groups is 2. The molecule has 0 bridgehead atoms. The van der Waals surface area contributed by atoms with Crippen molar-refractivity contribution in [3.05, 3.63) is 59.7 Å². The normalized spacial score (nSPS) is 13.2. The summed E-state index contributed by atoms with van der Waals surface area (Å²) in [6, 6.07) is 8.62. The lowest BCUT2D eigenvalue weighted by molar-refractivity contribution is -0.145. The number of aliphatic carboxylic acids is 1. The highest BCUT2D eigenvalue weighted by Gasteiger charge is 2.40. The van der Waals surface area contributed by atoms with E-state index in [1.165, 1.54) is 12.4 Å². The average Bonchev–Trinajstić information content (AvgIpc) is 2.53.